The Morgan fingerprint density at radius 2 is 2.19 bits per heavy atom. The molecule has 0 aromatic heterocycles. The predicted octanol–water partition coefficient (Wildman–Crippen LogP) is 2.15. The van der Waals surface area contributed by atoms with Gasteiger partial charge in [-0.15, -0.1) is 0 Å². The van der Waals surface area contributed by atoms with Crippen molar-refractivity contribution in [3.63, 3.8) is 0 Å². The van der Waals surface area contributed by atoms with E-state index in [0.717, 1.165) is 25.6 Å². The Hall–Kier alpha value is -1.16. The van der Waals surface area contributed by atoms with E-state index in [2.05, 4.69) is 12.2 Å². The maximum atomic E-state index is 13.6. The van der Waals surface area contributed by atoms with Crippen molar-refractivity contribution in [2.75, 3.05) is 24.5 Å². The Bertz CT molecular complexity index is 368. The molecule has 16 heavy (non-hydrogen) atoms. The van der Waals surface area contributed by atoms with Crippen LogP contribution in [-0.2, 0) is 0 Å². The number of anilines is 1. The maximum absolute atomic E-state index is 13.6. The van der Waals surface area contributed by atoms with Gasteiger partial charge >= 0.3 is 0 Å². The maximum Gasteiger partial charge on any atom is 0.182 e. The number of benzene rings is 1. The van der Waals surface area contributed by atoms with Gasteiger partial charge in [-0.1, -0.05) is 6.07 Å². The summed E-state index contributed by atoms with van der Waals surface area (Å²) >= 11 is 0. The van der Waals surface area contributed by atoms with E-state index in [4.69, 9.17) is 0 Å². The molecule has 0 amide bonds. The van der Waals surface area contributed by atoms with Gasteiger partial charge in [0.15, 0.2) is 11.6 Å². The molecular formula is C12H16F2N2. The third kappa shape index (κ3) is 2.32. The van der Waals surface area contributed by atoms with Crippen molar-refractivity contribution in [1.29, 1.82) is 0 Å². The van der Waals surface area contributed by atoms with Crippen molar-refractivity contribution < 1.29 is 8.78 Å². The van der Waals surface area contributed by atoms with Crippen molar-refractivity contribution in [2.24, 2.45) is 0 Å². The molecule has 1 N–H and O–H groups in total. The topological polar surface area (TPSA) is 15.3 Å². The van der Waals surface area contributed by atoms with Gasteiger partial charge in [0.25, 0.3) is 0 Å². The van der Waals surface area contributed by atoms with Crippen LogP contribution in [0.3, 0.4) is 0 Å². The smallest absolute Gasteiger partial charge is 0.182 e. The van der Waals surface area contributed by atoms with Crippen molar-refractivity contribution in [2.45, 2.75) is 19.4 Å². The first-order valence-corrected chi connectivity index (χ1v) is 5.61. The molecular weight excluding hydrogens is 210 g/mol. The molecule has 1 unspecified atom stereocenters. The number of nitrogens with one attached hydrogen (secondary N) is 1. The first kappa shape index (κ1) is 11.3. The fourth-order valence-corrected chi connectivity index (χ4v) is 2.06. The van der Waals surface area contributed by atoms with Gasteiger partial charge in [-0.3, -0.25) is 0 Å². The minimum atomic E-state index is -0.776. The quantitative estimate of drug-likeness (QED) is 0.789. The van der Waals surface area contributed by atoms with E-state index in [0.29, 0.717) is 18.3 Å². The molecule has 0 spiro atoms. The molecule has 4 heteroatoms. The molecule has 1 aliphatic rings. The van der Waals surface area contributed by atoms with Crippen LogP contribution in [0, 0.1) is 11.6 Å². The van der Waals surface area contributed by atoms with E-state index in [1.807, 2.05) is 4.90 Å². The van der Waals surface area contributed by atoms with Crippen LogP contribution < -0.4 is 10.2 Å². The second-order valence-corrected chi connectivity index (χ2v) is 4.23. The number of hydrogen-bond donors (Lipinski definition) is 1. The van der Waals surface area contributed by atoms with Gasteiger partial charge in [0.05, 0.1) is 5.69 Å². The van der Waals surface area contributed by atoms with Crippen LogP contribution in [0.2, 0.25) is 0 Å². The molecule has 1 aromatic rings. The lowest BCUT2D eigenvalue weighted by atomic mass is 10.2. The zero-order valence-corrected chi connectivity index (χ0v) is 9.34. The van der Waals surface area contributed by atoms with E-state index in [1.165, 1.54) is 0 Å². The van der Waals surface area contributed by atoms with Crippen molar-refractivity contribution in [3.8, 4) is 0 Å². The van der Waals surface area contributed by atoms with E-state index in [9.17, 15) is 8.78 Å². The lowest BCUT2D eigenvalue weighted by Gasteiger charge is -2.25. The molecule has 0 radical (unpaired) electrons. The highest BCUT2D eigenvalue weighted by Gasteiger charge is 2.18. The molecule has 88 valence electrons. The zero-order valence-electron chi connectivity index (χ0n) is 9.34. The SMILES string of the molecule is CC1CN(c2cccc(F)c2F)CCCN1. The first-order chi connectivity index (χ1) is 7.68. The van der Waals surface area contributed by atoms with E-state index < -0.39 is 11.6 Å². The normalized spacial score (nSPS) is 21.9. The number of rotatable bonds is 1. The summed E-state index contributed by atoms with van der Waals surface area (Å²) in [5.41, 5.74) is 0.371. The van der Waals surface area contributed by atoms with E-state index >= 15 is 0 Å². The second-order valence-electron chi connectivity index (χ2n) is 4.23. The molecule has 1 fully saturated rings. The zero-order chi connectivity index (χ0) is 11.5. The highest BCUT2D eigenvalue weighted by molar-refractivity contribution is 5.48. The number of hydrogen-bond acceptors (Lipinski definition) is 2. The molecule has 0 bridgehead atoms. The highest BCUT2D eigenvalue weighted by Crippen LogP contribution is 2.22. The molecule has 1 atom stereocenters. The summed E-state index contributed by atoms with van der Waals surface area (Å²) in [7, 11) is 0. The summed E-state index contributed by atoms with van der Waals surface area (Å²) in [6.45, 7) is 4.45. The molecule has 1 aliphatic heterocycles. The van der Waals surface area contributed by atoms with Gasteiger partial charge < -0.3 is 10.2 Å². The second kappa shape index (κ2) is 4.78. The molecule has 0 saturated carbocycles. The third-order valence-corrected chi connectivity index (χ3v) is 2.86. The van der Waals surface area contributed by atoms with Crippen LogP contribution in [0.1, 0.15) is 13.3 Å². The van der Waals surface area contributed by atoms with Gasteiger partial charge in [-0.2, -0.15) is 0 Å². The van der Waals surface area contributed by atoms with E-state index in [1.54, 1.807) is 12.1 Å². The Morgan fingerprint density at radius 1 is 1.38 bits per heavy atom. The molecule has 1 heterocycles. The van der Waals surface area contributed by atoms with Crippen molar-refractivity contribution in [3.05, 3.63) is 29.8 Å². The molecule has 2 nitrogen and oxygen atoms in total. The molecule has 2 rings (SSSR count). The minimum absolute atomic E-state index is 0.296. The summed E-state index contributed by atoms with van der Waals surface area (Å²) in [4.78, 5) is 1.91. The Balaban J connectivity index is 2.24. The van der Waals surface area contributed by atoms with E-state index in [-0.39, 0.29) is 0 Å². The van der Waals surface area contributed by atoms with Gasteiger partial charge in [0.2, 0.25) is 0 Å². The van der Waals surface area contributed by atoms with Crippen LogP contribution in [-0.4, -0.2) is 25.7 Å². The summed E-state index contributed by atoms with van der Waals surface area (Å²) in [6.07, 6.45) is 0.945. The Kier molecular flexibility index (Phi) is 3.39. The van der Waals surface area contributed by atoms with Gasteiger partial charge in [-0.05, 0) is 32.0 Å². The monoisotopic (exact) mass is 226 g/mol. The lowest BCUT2D eigenvalue weighted by Crippen LogP contribution is -2.35. The summed E-state index contributed by atoms with van der Waals surface area (Å²) in [5, 5.41) is 3.32. The fraction of sp³-hybridized carbons (Fsp3) is 0.500. The van der Waals surface area contributed by atoms with Gasteiger partial charge in [0.1, 0.15) is 0 Å². The van der Waals surface area contributed by atoms with Crippen molar-refractivity contribution >= 4 is 5.69 Å². The van der Waals surface area contributed by atoms with Crippen LogP contribution in [0.5, 0.6) is 0 Å². The Labute approximate surface area is 94.3 Å². The Morgan fingerprint density at radius 3 is 3.00 bits per heavy atom. The standard InChI is InChI=1S/C12H16F2N2/c1-9-8-16(7-3-6-15-9)11-5-2-4-10(13)12(11)14/h2,4-5,9,15H,3,6-8H2,1H3. The van der Waals surface area contributed by atoms with Crippen molar-refractivity contribution in [1.82, 2.24) is 5.32 Å². The molecule has 1 aromatic carbocycles. The largest absolute Gasteiger partial charge is 0.367 e. The number of halogens is 2. The van der Waals surface area contributed by atoms with Crippen LogP contribution in [0.4, 0.5) is 14.5 Å². The summed E-state index contributed by atoms with van der Waals surface area (Å²) in [5.74, 6) is -1.51. The lowest BCUT2D eigenvalue weighted by molar-refractivity contribution is 0.504. The predicted molar refractivity (Wildman–Crippen MR) is 60.7 cm³/mol. The van der Waals surface area contributed by atoms with Crippen LogP contribution >= 0.6 is 0 Å². The summed E-state index contributed by atoms with van der Waals surface area (Å²) < 4.78 is 26.7. The molecule has 0 aliphatic carbocycles. The highest BCUT2D eigenvalue weighted by atomic mass is 19.2. The minimum Gasteiger partial charge on any atom is -0.367 e. The number of nitrogens with zero attached hydrogens (tertiary/aromatic N) is 1. The average Bonchev–Trinajstić information content (AvgIpc) is 2.47. The first-order valence-electron chi connectivity index (χ1n) is 5.61. The molecule has 1 saturated heterocycles. The van der Waals surface area contributed by atoms with Gasteiger partial charge in [-0.25, -0.2) is 8.78 Å². The summed E-state index contributed by atoms with van der Waals surface area (Å²) in [6, 6.07) is 4.64. The van der Waals surface area contributed by atoms with Gasteiger partial charge in [0, 0.05) is 19.1 Å². The fourth-order valence-electron chi connectivity index (χ4n) is 2.06. The van der Waals surface area contributed by atoms with Crippen LogP contribution in [0.25, 0.3) is 0 Å². The third-order valence-electron chi connectivity index (χ3n) is 2.86. The average molecular weight is 226 g/mol. The van der Waals surface area contributed by atoms with Crippen LogP contribution in [0.15, 0.2) is 18.2 Å².